The number of halogens is 2. The summed E-state index contributed by atoms with van der Waals surface area (Å²) >= 11 is 5.89. The third-order valence-electron chi connectivity index (χ3n) is 3.33. The second kappa shape index (κ2) is 6.92. The lowest BCUT2D eigenvalue weighted by Gasteiger charge is -2.24. The molecule has 2 aromatic rings. The summed E-state index contributed by atoms with van der Waals surface area (Å²) in [6.07, 6.45) is 0.651. The van der Waals surface area contributed by atoms with Crippen molar-refractivity contribution in [2.45, 2.75) is 25.9 Å². The normalized spacial score (nSPS) is 12.2. The molecule has 112 valence electrons. The Morgan fingerprint density at radius 3 is 2.48 bits per heavy atom. The molecule has 0 saturated heterocycles. The van der Waals surface area contributed by atoms with Crippen LogP contribution in [0.5, 0.6) is 0 Å². The van der Waals surface area contributed by atoms with E-state index in [1.54, 1.807) is 6.07 Å². The summed E-state index contributed by atoms with van der Waals surface area (Å²) in [5.41, 5.74) is 8.49. The molecule has 2 aromatic carbocycles. The van der Waals surface area contributed by atoms with E-state index in [1.807, 2.05) is 49.2 Å². The number of anilines is 1. The lowest BCUT2D eigenvalue weighted by molar-refractivity contribution is 0.616. The van der Waals surface area contributed by atoms with Gasteiger partial charge in [0, 0.05) is 24.7 Å². The lowest BCUT2D eigenvalue weighted by atomic mass is 10.0. The molecule has 0 spiro atoms. The summed E-state index contributed by atoms with van der Waals surface area (Å²) in [4.78, 5) is 1.91. The first kappa shape index (κ1) is 15.8. The van der Waals surface area contributed by atoms with E-state index in [1.165, 1.54) is 6.07 Å². The topological polar surface area (TPSA) is 29.3 Å². The maximum atomic E-state index is 14.2. The van der Waals surface area contributed by atoms with Crippen LogP contribution in [0.2, 0.25) is 5.02 Å². The standard InChI is InChI=1S/C17H20ClFN2/c1-12(20)10-14-4-3-5-16(19)17(14)21(2)11-13-6-8-15(18)9-7-13/h3-9,12H,10-11,20H2,1-2H3. The second-order valence-corrected chi connectivity index (χ2v) is 5.85. The van der Waals surface area contributed by atoms with E-state index in [2.05, 4.69) is 0 Å². The maximum absolute atomic E-state index is 14.2. The van der Waals surface area contributed by atoms with Gasteiger partial charge in [-0.1, -0.05) is 35.9 Å². The Balaban J connectivity index is 2.25. The predicted molar refractivity (Wildman–Crippen MR) is 87.3 cm³/mol. The van der Waals surface area contributed by atoms with Crippen molar-refractivity contribution in [3.8, 4) is 0 Å². The van der Waals surface area contributed by atoms with Crippen LogP contribution in [0, 0.1) is 5.82 Å². The van der Waals surface area contributed by atoms with Crippen molar-refractivity contribution in [1.82, 2.24) is 0 Å². The smallest absolute Gasteiger partial charge is 0.146 e. The molecule has 1 atom stereocenters. The summed E-state index contributed by atoms with van der Waals surface area (Å²) in [7, 11) is 1.89. The molecule has 0 radical (unpaired) electrons. The molecule has 0 aliphatic heterocycles. The van der Waals surface area contributed by atoms with Gasteiger partial charge in [0.25, 0.3) is 0 Å². The number of benzene rings is 2. The van der Waals surface area contributed by atoms with Crippen LogP contribution in [0.25, 0.3) is 0 Å². The maximum Gasteiger partial charge on any atom is 0.146 e. The van der Waals surface area contributed by atoms with Gasteiger partial charge in [0.1, 0.15) is 5.82 Å². The lowest BCUT2D eigenvalue weighted by Crippen LogP contribution is -2.23. The van der Waals surface area contributed by atoms with Gasteiger partial charge in [0.15, 0.2) is 0 Å². The van der Waals surface area contributed by atoms with Crippen molar-refractivity contribution in [3.05, 3.63) is 64.4 Å². The van der Waals surface area contributed by atoms with Gasteiger partial charge in [-0.2, -0.15) is 0 Å². The monoisotopic (exact) mass is 306 g/mol. The molecule has 1 unspecified atom stereocenters. The molecule has 0 fully saturated rings. The Kier molecular flexibility index (Phi) is 5.21. The first-order chi connectivity index (χ1) is 9.97. The molecule has 2 N–H and O–H groups in total. The fourth-order valence-corrected chi connectivity index (χ4v) is 2.57. The van der Waals surface area contributed by atoms with Crippen molar-refractivity contribution < 1.29 is 4.39 Å². The highest BCUT2D eigenvalue weighted by atomic mass is 35.5. The van der Waals surface area contributed by atoms with Gasteiger partial charge in [-0.25, -0.2) is 4.39 Å². The molecule has 2 nitrogen and oxygen atoms in total. The highest BCUT2D eigenvalue weighted by molar-refractivity contribution is 6.30. The predicted octanol–water partition coefficient (Wildman–Crippen LogP) is 4.01. The van der Waals surface area contributed by atoms with Crippen LogP contribution in [0.15, 0.2) is 42.5 Å². The van der Waals surface area contributed by atoms with Gasteiger partial charge in [-0.05, 0) is 42.7 Å². The molecular formula is C17H20ClFN2. The Morgan fingerprint density at radius 2 is 1.86 bits per heavy atom. The van der Waals surface area contributed by atoms with E-state index in [0.29, 0.717) is 23.7 Å². The van der Waals surface area contributed by atoms with Gasteiger partial charge in [-0.15, -0.1) is 0 Å². The van der Waals surface area contributed by atoms with E-state index in [0.717, 1.165) is 11.1 Å². The average Bonchev–Trinajstić information content (AvgIpc) is 2.40. The first-order valence-electron chi connectivity index (χ1n) is 6.96. The first-order valence-corrected chi connectivity index (χ1v) is 7.33. The van der Waals surface area contributed by atoms with Crippen molar-refractivity contribution >= 4 is 17.3 Å². The summed E-state index contributed by atoms with van der Waals surface area (Å²) in [6, 6.07) is 12.7. The molecule has 0 bridgehead atoms. The van der Waals surface area contributed by atoms with E-state index in [-0.39, 0.29) is 11.9 Å². The Hall–Kier alpha value is -1.58. The largest absolute Gasteiger partial charge is 0.368 e. The number of para-hydroxylation sites is 1. The van der Waals surface area contributed by atoms with Crippen LogP contribution in [0.4, 0.5) is 10.1 Å². The van der Waals surface area contributed by atoms with Gasteiger partial charge in [0.2, 0.25) is 0 Å². The minimum Gasteiger partial charge on any atom is -0.368 e. The van der Waals surface area contributed by atoms with Crippen molar-refractivity contribution in [2.24, 2.45) is 5.73 Å². The molecule has 0 aliphatic rings. The zero-order valence-corrected chi connectivity index (χ0v) is 13.1. The third-order valence-corrected chi connectivity index (χ3v) is 3.58. The van der Waals surface area contributed by atoms with Crippen LogP contribution >= 0.6 is 11.6 Å². The van der Waals surface area contributed by atoms with Gasteiger partial charge in [0.05, 0.1) is 5.69 Å². The Bertz CT molecular complexity index is 596. The molecule has 4 heteroatoms. The van der Waals surface area contributed by atoms with Gasteiger partial charge >= 0.3 is 0 Å². The zero-order chi connectivity index (χ0) is 15.4. The number of rotatable bonds is 5. The third kappa shape index (κ3) is 4.19. The molecular weight excluding hydrogens is 287 g/mol. The molecule has 21 heavy (non-hydrogen) atoms. The van der Waals surface area contributed by atoms with Crippen molar-refractivity contribution in [3.63, 3.8) is 0 Å². The van der Waals surface area contributed by atoms with Crippen LogP contribution in [-0.2, 0) is 13.0 Å². The van der Waals surface area contributed by atoms with Gasteiger partial charge < -0.3 is 10.6 Å². The highest BCUT2D eigenvalue weighted by Gasteiger charge is 2.14. The fourth-order valence-electron chi connectivity index (χ4n) is 2.44. The zero-order valence-electron chi connectivity index (χ0n) is 12.3. The van der Waals surface area contributed by atoms with Crippen LogP contribution in [-0.4, -0.2) is 13.1 Å². The molecule has 0 heterocycles. The summed E-state index contributed by atoms with van der Waals surface area (Å²) in [6.45, 7) is 2.54. The Labute approximate surface area is 130 Å². The number of nitrogens with zero attached hydrogens (tertiary/aromatic N) is 1. The van der Waals surface area contributed by atoms with Crippen molar-refractivity contribution in [2.75, 3.05) is 11.9 Å². The minimum atomic E-state index is -0.218. The minimum absolute atomic E-state index is 0.00511. The molecule has 0 aromatic heterocycles. The molecule has 0 saturated carbocycles. The van der Waals surface area contributed by atoms with Crippen LogP contribution in [0.3, 0.4) is 0 Å². The Morgan fingerprint density at radius 1 is 1.19 bits per heavy atom. The van der Waals surface area contributed by atoms with Crippen LogP contribution in [0.1, 0.15) is 18.1 Å². The van der Waals surface area contributed by atoms with E-state index in [9.17, 15) is 4.39 Å². The second-order valence-electron chi connectivity index (χ2n) is 5.41. The SMILES string of the molecule is CC(N)Cc1cccc(F)c1N(C)Cc1ccc(Cl)cc1. The molecule has 2 rings (SSSR count). The van der Waals surface area contributed by atoms with Gasteiger partial charge in [-0.3, -0.25) is 0 Å². The number of hydrogen-bond donors (Lipinski definition) is 1. The fraction of sp³-hybridized carbons (Fsp3) is 0.294. The molecule has 0 amide bonds. The number of nitrogens with two attached hydrogens (primary N) is 1. The van der Waals surface area contributed by atoms with Crippen molar-refractivity contribution in [1.29, 1.82) is 0 Å². The average molecular weight is 307 g/mol. The highest BCUT2D eigenvalue weighted by Crippen LogP contribution is 2.26. The summed E-state index contributed by atoms with van der Waals surface area (Å²) in [5, 5.41) is 0.699. The van der Waals surface area contributed by atoms with E-state index >= 15 is 0 Å². The van der Waals surface area contributed by atoms with Crippen LogP contribution < -0.4 is 10.6 Å². The number of hydrogen-bond acceptors (Lipinski definition) is 2. The summed E-state index contributed by atoms with van der Waals surface area (Å²) in [5.74, 6) is -0.218. The van der Waals surface area contributed by atoms with E-state index in [4.69, 9.17) is 17.3 Å². The molecule has 0 aliphatic carbocycles. The summed E-state index contributed by atoms with van der Waals surface area (Å²) < 4.78 is 14.2. The quantitative estimate of drug-likeness (QED) is 0.904. The van der Waals surface area contributed by atoms with E-state index < -0.39 is 0 Å².